The zero-order valence-corrected chi connectivity index (χ0v) is 21.0. The van der Waals surface area contributed by atoms with Crippen LogP contribution in [0.15, 0.2) is 36.9 Å². The van der Waals surface area contributed by atoms with Gasteiger partial charge >= 0.3 is 6.03 Å². The predicted molar refractivity (Wildman–Crippen MR) is 132 cm³/mol. The van der Waals surface area contributed by atoms with E-state index in [9.17, 15) is 9.59 Å². The molecule has 0 radical (unpaired) electrons. The summed E-state index contributed by atoms with van der Waals surface area (Å²) >= 11 is 12.4. The van der Waals surface area contributed by atoms with Gasteiger partial charge in [-0.05, 0) is 13.0 Å². The number of hydrogen-bond acceptors (Lipinski definition) is 8. The first-order valence-corrected chi connectivity index (χ1v) is 11.4. The molecule has 2 N–H and O–H groups in total. The monoisotopic (exact) mass is 532 g/mol. The second-order valence-electron chi connectivity index (χ2n) is 7.64. The van der Waals surface area contributed by atoms with Crippen LogP contribution in [0.5, 0.6) is 0 Å². The fourth-order valence-electron chi connectivity index (χ4n) is 3.44. The molecule has 0 saturated carbocycles. The lowest BCUT2D eigenvalue weighted by molar-refractivity contribution is -0.132. The predicted octanol–water partition coefficient (Wildman–Crippen LogP) is 3.21. The quantitative estimate of drug-likeness (QED) is 0.351. The Bertz CT molecular complexity index is 1390. The van der Waals surface area contributed by atoms with E-state index in [2.05, 4.69) is 35.9 Å². The van der Waals surface area contributed by atoms with E-state index in [1.165, 1.54) is 52.2 Å². The van der Waals surface area contributed by atoms with Crippen molar-refractivity contribution in [1.82, 2.24) is 39.5 Å². The Morgan fingerprint density at radius 2 is 1.89 bits per heavy atom. The summed E-state index contributed by atoms with van der Waals surface area (Å²) in [5, 5.41) is 18.2. The molecular formula is C21H22Cl2N10O3. The third kappa shape index (κ3) is 5.37. The molecule has 15 heteroatoms. The summed E-state index contributed by atoms with van der Waals surface area (Å²) < 4.78 is 6.50. The van der Waals surface area contributed by atoms with Gasteiger partial charge in [0.05, 0.1) is 65.9 Å². The summed E-state index contributed by atoms with van der Waals surface area (Å²) in [6.45, 7) is 2.10. The van der Waals surface area contributed by atoms with Crippen LogP contribution < -0.4 is 10.6 Å². The van der Waals surface area contributed by atoms with Crippen molar-refractivity contribution in [2.45, 2.75) is 19.4 Å². The van der Waals surface area contributed by atoms with Gasteiger partial charge in [-0.3, -0.25) is 4.79 Å². The van der Waals surface area contributed by atoms with Gasteiger partial charge in [0.2, 0.25) is 5.91 Å². The molecule has 0 aromatic carbocycles. The number of fused-ring (bicyclic) bond motifs is 1. The highest BCUT2D eigenvalue weighted by atomic mass is 35.5. The van der Waals surface area contributed by atoms with E-state index in [1.807, 2.05) is 6.92 Å². The normalized spacial score (nSPS) is 11.9. The number of rotatable bonds is 8. The standard InChI is InChI=1S/C21H22Cl2N10O3/c1-12(31(2)18(34)4-7-36-3)19-15(11-24-17-9-16(23)30-32(17)19)29-21(35)28-13-8-14(22)20(25-10-13)33-26-5-6-27-33/h5-6,8-12H,4,7H2,1-3H3,(H2,28,29,35)/t12-/m0/s1. The van der Waals surface area contributed by atoms with Crippen molar-refractivity contribution in [2.75, 3.05) is 31.4 Å². The SMILES string of the molecule is COCCC(=O)N(C)[C@@H](C)c1c(NC(=O)Nc2cnc(-n3nccn3)c(Cl)c2)cnc2cc(Cl)nn12. The lowest BCUT2D eigenvalue weighted by Gasteiger charge is -2.27. The van der Waals surface area contributed by atoms with Crippen molar-refractivity contribution in [3.63, 3.8) is 0 Å². The van der Waals surface area contributed by atoms with Crippen LogP contribution >= 0.6 is 23.2 Å². The van der Waals surface area contributed by atoms with Crippen molar-refractivity contribution < 1.29 is 14.3 Å². The molecule has 1 atom stereocenters. The maximum absolute atomic E-state index is 12.9. The van der Waals surface area contributed by atoms with Gasteiger partial charge < -0.3 is 20.3 Å². The van der Waals surface area contributed by atoms with Gasteiger partial charge in [-0.25, -0.2) is 19.3 Å². The second kappa shape index (κ2) is 10.8. The number of urea groups is 1. The Kier molecular flexibility index (Phi) is 7.62. The number of amides is 3. The Morgan fingerprint density at radius 1 is 1.14 bits per heavy atom. The van der Waals surface area contributed by atoms with E-state index in [0.29, 0.717) is 28.5 Å². The summed E-state index contributed by atoms with van der Waals surface area (Å²) in [5.41, 5.74) is 1.64. The number of aromatic nitrogens is 7. The molecule has 4 aromatic heterocycles. The number of methoxy groups -OCH3 is 1. The van der Waals surface area contributed by atoms with Crippen molar-refractivity contribution in [2.24, 2.45) is 0 Å². The van der Waals surface area contributed by atoms with Crippen LogP contribution in [0, 0.1) is 0 Å². The molecule has 4 rings (SSSR count). The van der Waals surface area contributed by atoms with Crippen LogP contribution in [0.1, 0.15) is 25.1 Å². The summed E-state index contributed by atoms with van der Waals surface area (Å²) in [4.78, 5) is 36.8. The number of ether oxygens (including phenoxy) is 1. The fraction of sp³-hybridized carbons (Fsp3) is 0.286. The first-order valence-electron chi connectivity index (χ1n) is 10.7. The second-order valence-corrected chi connectivity index (χ2v) is 8.44. The number of halogens is 2. The summed E-state index contributed by atoms with van der Waals surface area (Å²) in [6.07, 6.45) is 6.09. The summed E-state index contributed by atoms with van der Waals surface area (Å²) in [5.74, 6) is 0.172. The minimum absolute atomic E-state index is 0.143. The van der Waals surface area contributed by atoms with Crippen LogP contribution in [-0.2, 0) is 9.53 Å². The number of nitrogens with zero attached hydrogens (tertiary/aromatic N) is 8. The summed E-state index contributed by atoms with van der Waals surface area (Å²) in [7, 11) is 3.19. The van der Waals surface area contributed by atoms with Crippen molar-refractivity contribution >= 4 is 52.2 Å². The van der Waals surface area contributed by atoms with Crippen LogP contribution in [0.2, 0.25) is 10.2 Å². The average Bonchev–Trinajstić information content (AvgIpc) is 3.50. The average molecular weight is 533 g/mol. The van der Waals surface area contributed by atoms with Gasteiger partial charge in [-0.15, -0.1) is 4.80 Å². The maximum atomic E-state index is 12.9. The zero-order valence-electron chi connectivity index (χ0n) is 19.5. The van der Waals surface area contributed by atoms with Crippen molar-refractivity contribution in [3.8, 4) is 5.82 Å². The van der Waals surface area contributed by atoms with E-state index >= 15 is 0 Å². The smallest absolute Gasteiger partial charge is 0.323 e. The molecule has 36 heavy (non-hydrogen) atoms. The molecular weight excluding hydrogens is 511 g/mol. The molecule has 188 valence electrons. The third-order valence-corrected chi connectivity index (χ3v) is 5.78. The lowest BCUT2D eigenvalue weighted by Crippen LogP contribution is -2.32. The number of carbonyl (C=O) groups excluding carboxylic acids is 2. The Hall–Kier alpha value is -3.81. The van der Waals surface area contributed by atoms with Gasteiger partial charge in [-0.2, -0.15) is 15.3 Å². The first-order chi connectivity index (χ1) is 17.3. The molecule has 13 nitrogen and oxygen atoms in total. The largest absolute Gasteiger partial charge is 0.384 e. The molecule has 4 aromatic rings. The third-order valence-electron chi connectivity index (χ3n) is 5.32. The van der Waals surface area contributed by atoms with E-state index in [-0.39, 0.29) is 29.1 Å². The van der Waals surface area contributed by atoms with E-state index in [0.717, 1.165) is 0 Å². The number of nitrogens with one attached hydrogen (secondary N) is 2. The van der Waals surface area contributed by atoms with Crippen LogP contribution in [-0.4, -0.2) is 72.2 Å². The Balaban J connectivity index is 1.58. The summed E-state index contributed by atoms with van der Waals surface area (Å²) in [6, 6.07) is 2.02. The maximum Gasteiger partial charge on any atom is 0.323 e. The van der Waals surface area contributed by atoms with E-state index in [1.54, 1.807) is 13.1 Å². The molecule has 0 saturated heterocycles. The molecule has 0 unspecified atom stereocenters. The first kappa shape index (κ1) is 25.3. The topological polar surface area (TPSA) is 144 Å². The Morgan fingerprint density at radius 3 is 2.58 bits per heavy atom. The van der Waals surface area contributed by atoms with Gasteiger partial charge in [0.25, 0.3) is 0 Å². The van der Waals surface area contributed by atoms with Crippen LogP contribution in [0.4, 0.5) is 16.2 Å². The molecule has 3 amide bonds. The highest BCUT2D eigenvalue weighted by Crippen LogP contribution is 2.29. The number of carbonyl (C=O) groups is 2. The molecule has 4 heterocycles. The van der Waals surface area contributed by atoms with Gasteiger partial charge in [0.1, 0.15) is 0 Å². The number of anilines is 2. The molecule has 0 aliphatic rings. The molecule has 0 fully saturated rings. The zero-order chi connectivity index (χ0) is 25.8. The van der Waals surface area contributed by atoms with E-state index < -0.39 is 12.1 Å². The van der Waals surface area contributed by atoms with Gasteiger partial charge in [-0.1, -0.05) is 23.2 Å². The van der Waals surface area contributed by atoms with Gasteiger partial charge in [0, 0.05) is 20.2 Å². The molecule has 0 aliphatic heterocycles. The highest BCUT2D eigenvalue weighted by molar-refractivity contribution is 6.32. The number of pyridine rings is 1. The molecule has 0 spiro atoms. The molecule has 0 bridgehead atoms. The van der Waals surface area contributed by atoms with Crippen LogP contribution in [0.3, 0.4) is 0 Å². The Labute approximate surface area is 215 Å². The molecule has 0 aliphatic carbocycles. The van der Waals surface area contributed by atoms with E-state index in [4.69, 9.17) is 27.9 Å². The van der Waals surface area contributed by atoms with Crippen molar-refractivity contribution in [3.05, 3.63) is 52.8 Å². The lowest BCUT2D eigenvalue weighted by atomic mass is 10.1. The minimum Gasteiger partial charge on any atom is -0.384 e. The number of hydrogen-bond donors (Lipinski definition) is 2. The highest BCUT2D eigenvalue weighted by Gasteiger charge is 2.25. The van der Waals surface area contributed by atoms with Crippen LogP contribution in [0.25, 0.3) is 11.5 Å². The fourth-order valence-corrected chi connectivity index (χ4v) is 3.86. The van der Waals surface area contributed by atoms with Crippen molar-refractivity contribution in [1.29, 1.82) is 0 Å². The van der Waals surface area contributed by atoms with Gasteiger partial charge in [0.15, 0.2) is 16.6 Å². The minimum atomic E-state index is -0.584.